The van der Waals surface area contributed by atoms with Crippen LogP contribution in [0.5, 0.6) is 11.5 Å². The zero-order chi connectivity index (χ0) is 19.2. The second-order valence-corrected chi connectivity index (χ2v) is 6.56. The summed E-state index contributed by atoms with van der Waals surface area (Å²) in [7, 11) is 1.58. The van der Waals surface area contributed by atoms with E-state index in [9.17, 15) is 9.90 Å². The minimum atomic E-state index is -1.23. The Labute approximate surface area is 161 Å². The third-order valence-corrected chi connectivity index (χ3v) is 4.80. The molecule has 0 amide bonds. The molecule has 1 heterocycles. The normalized spacial score (nSPS) is 10.9. The highest BCUT2D eigenvalue weighted by Crippen LogP contribution is 2.33. The standard InChI is InChI=1S/C21H19NO4S/c1-3-26-16-11-7-10-15(19(16)25-2)12-13-17-22-18(20(27-17)21(23)24)14-8-5-4-6-9-14/h4-13H,3H2,1-2H3,(H,23,24)/p-1/b13-12+. The van der Waals surface area contributed by atoms with Gasteiger partial charge in [-0.1, -0.05) is 42.5 Å². The van der Waals surface area contributed by atoms with Gasteiger partial charge in [-0.15, -0.1) is 11.3 Å². The predicted molar refractivity (Wildman–Crippen MR) is 105 cm³/mol. The number of aromatic nitrogens is 1. The first-order valence-electron chi connectivity index (χ1n) is 8.39. The quantitative estimate of drug-likeness (QED) is 0.624. The third-order valence-electron chi connectivity index (χ3n) is 3.80. The average Bonchev–Trinajstić information content (AvgIpc) is 3.12. The number of carboxylic acids is 1. The fourth-order valence-electron chi connectivity index (χ4n) is 2.65. The Kier molecular flexibility index (Phi) is 5.88. The maximum absolute atomic E-state index is 11.5. The third kappa shape index (κ3) is 4.17. The molecule has 0 spiro atoms. The van der Waals surface area contributed by atoms with Gasteiger partial charge in [-0.05, 0) is 25.1 Å². The van der Waals surface area contributed by atoms with Crippen molar-refractivity contribution in [2.24, 2.45) is 0 Å². The van der Waals surface area contributed by atoms with Gasteiger partial charge in [0.05, 0.1) is 30.3 Å². The lowest BCUT2D eigenvalue weighted by Gasteiger charge is -2.11. The molecule has 3 rings (SSSR count). The van der Waals surface area contributed by atoms with Crippen molar-refractivity contribution in [3.63, 3.8) is 0 Å². The number of thiazole rings is 1. The van der Waals surface area contributed by atoms with E-state index in [0.717, 1.165) is 22.5 Å². The molecule has 0 saturated carbocycles. The van der Waals surface area contributed by atoms with Crippen LogP contribution in [0.3, 0.4) is 0 Å². The van der Waals surface area contributed by atoms with Crippen LogP contribution >= 0.6 is 11.3 Å². The number of carboxylic acid groups (broad SMARTS) is 1. The van der Waals surface area contributed by atoms with Crippen molar-refractivity contribution in [1.29, 1.82) is 0 Å². The van der Waals surface area contributed by atoms with E-state index >= 15 is 0 Å². The molecule has 0 N–H and O–H groups in total. The maximum atomic E-state index is 11.5. The highest BCUT2D eigenvalue weighted by Gasteiger charge is 2.13. The Morgan fingerprint density at radius 1 is 1.15 bits per heavy atom. The van der Waals surface area contributed by atoms with Crippen molar-refractivity contribution >= 4 is 29.5 Å². The number of aromatic carboxylic acids is 1. The van der Waals surface area contributed by atoms with E-state index in [1.54, 1.807) is 13.2 Å². The molecule has 138 valence electrons. The molecular weight excluding hydrogens is 362 g/mol. The summed E-state index contributed by atoms with van der Waals surface area (Å²) >= 11 is 1.08. The van der Waals surface area contributed by atoms with E-state index in [4.69, 9.17) is 9.47 Å². The summed E-state index contributed by atoms with van der Waals surface area (Å²) in [6.45, 7) is 2.44. The predicted octanol–water partition coefficient (Wildman–Crippen LogP) is 3.75. The van der Waals surface area contributed by atoms with Gasteiger partial charge in [0, 0.05) is 11.1 Å². The number of hydrogen-bond donors (Lipinski definition) is 0. The molecule has 27 heavy (non-hydrogen) atoms. The van der Waals surface area contributed by atoms with Gasteiger partial charge in [0.2, 0.25) is 0 Å². The molecule has 5 nitrogen and oxygen atoms in total. The van der Waals surface area contributed by atoms with Crippen molar-refractivity contribution in [2.75, 3.05) is 13.7 Å². The van der Waals surface area contributed by atoms with Crippen molar-refractivity contribution in [3.8, 4) is 22.8 Å². The largest absolute Gasteiger partial charge is 0.544 e. The van der Waals surface area contributed by atoms with Gasteiger partial charge < -0.3 is 19.4 Å². The average molecular weight is 380 g/mol. The molecule has 1 aromatic heterocycles. The number of benzene rings is 2. The monoisotopic (exact) mass is 380 g/mol. The molecule has 0 aliphatic carbocycles. The summed E-state index contributed by atoms with van der Waals surface area (Å²) < 4.78 is 11.0. The number of carbonyl (C=O) groups is 1. The van der Waals surface area contributed by atoms with Gasteiger partial charge in [-0.2, -0.15) is 0 Å². The van der Waals surface area contributed by atoms with Crippen molar-refractivity contribution in [3.05, 3.63) is 64.0 Å². The topological polar surface area (TPSA) is 71.5 Å². The van der Waals surface area contributed by atoms with Crippen molar-refractivity contribution < 1.29 is 19.4 Å². The molecule has 2 aromatic carbocycles. The molecular formula is C21H18NO4S-. The molecule has 0 aliphatic rings. The Bertz CT molecular complexity index is 964. The summed E-state index contributed by atoms with van der Waals surface area (Å²) in [5, 5.41) is 12.1. The van der Waals surface area contributed by atoms with E-state index in [2.05, 4.69) is 4.98 Å². The smallest absolute Gasteiger partial charge is 0.167 e. The second-order valence-electron chi connectivity index (χ2n) is 5.53. The molecule has 0 radical (unpaired) electrons. The van der Waals surface area contributed by atoms with E-state index < -0.39 is 5.97 Å². The lowest BCUT2D eigenvalue weighted by Crippen LogP contribution is -2.21. The molecule has 3 aromatic rings. The summed E-state index contributed by atoms with van der Waals surface area (Å²) in [5.74, 6) is 0.0409. The molecule has 6 heteroatoms. The number of para-hydroxylation sites is 1. The van der Waals surface area contributed by atoms with Gasteiger partial charge in [0.25, 0.3) is 0 Å². The molecule has 0 atom stereocenters. The summed E-state index contributed by atoms with van der Waals surface area (Å²) in [4.78, 5) is 16.1. The van der Waals surface area contributed by atoms with Crippen molar-refractivity contribution in [1.82, 2.24) is 4.98 Å². The summed E-state index contributed by atoms with van der Waals surface area (Å²) in [5.41, 5.74) is 1.97. The van der Waals surface area contributed by atoms with Gasteiger partial charge in [0.1, 0.15) is 5.01 Å². The number of rotatable bonds is 7. The molecule has 0 aliphatic heterocycles. The molecule has 0 bridgehead atoms. The van der Waals surface area contributed by atoms with Gasteiger partial charge in [0.15, 0.2) is 11.5 Å². The second kappa shape index (κ2) is 8.51. The van der Waals surface area contributed by atoms with Crippen LogP contribution in [0, 0.1) is 0 Å². The summed E-state index contributed by atoms with van der Waals surface area (Å²) in [6, 6.07) is 14.8. The van der Waals surface area contributed by atoms with Gasteiger partial charge in [-0.3, -0.25) is 0 Å². The van der Waals surface area contributed by atoms with Crippen LogP contribution in [0.25, 0.3) is 23.4 Å². The van der Waals surface area contributed by atoms with Crippen LogP contribution in [0.1, 0.15) is 27.2 Å². The van der Waals surface area contributed by atoms with E-state index in [0.29, 0.717) is 28.8 Å². The zero-order valence-corrected chi connectivity index (χ0v) is 15.8. The van der Waals surface area contributed by atoms with Crippen LogP contribution in [0.4, 0.5) is 0 Å². The van der Waals surface area contributed by atoms with E-state index in [1.165, 1.54) is 0 Å². The van der Waals surface area contributed by atoms with Crippen LogP contribution < -0.4 is 14.6 Å². The van der Waals surface area contributed by atoms with Gasteiger partial charge >= 0.3 is 0 Å². The SMILES string of the molecule is CCOc1cccc(/C=C/c2nc(-c3ccccc3)c(C(=O)[O-])s2)c1OC. The first-order chi connectivity index (χ1) is 13.1. The first kappa shape index (κ1) is 18.7. The summed E-state index contributed by atoms with van der Waals surface area (Å²) in [6.07, 6.45) is 3.59. The van der Waals surface area contributed by atoms with E-state index in [-0.39, 0.29) is 4.88 Å². The number of ether oxygens (including phenoxy) is 2. The van der Waals surface area contributed by atoms with Gasteiger partial charge in [-0.25, -0.2) is 4.98 Å². The minimum absolute atomic E-state index is 0.107. The highest BCUT2D eigenvalue weighted by atomic mass is 32.1. The lowest BCUT2D eigenvalue weighted by atomic mass is 10.1. The van der Waals surface area contributed by atoms with Crippen LogP contribution in [0.15, 0.2) is 48.5 Å². The lowest BCUT2D eigenvalue weighted by molar-refractivity contribution is -0.254. The minimum Gasteiger partial charge on any atom is -0.544 e. The Morgan fingerprint density at radius 2 is 1.93 bits per heavy atom. The number of methoxy groups -OCH3 is 1. The van der Waals surface area contributed by atoms with E-state index in [1.807, 2.05) is 61.5 Å². The molecule has 0 saturated heterocycles. The number of hydrogen-bond acceptors (Lipinski definition) is 6. The van der Waals surface area contributed by atoms with Crippen molar-refractivity contribution in [2.45, 2.75) is 6.92 Å². The molecule has 0 unspecified atom stereocenters. The number of nitrogens with zero attached hydrogens (tertiary/aromatic N) is 1. The molecule has 0 fully saturated rings. The Morgan fingerprint density at radius 3 is 2.59 bits per heavy atom. The van der Waals surface area contributed by atoms with Crippen LogP contribution in [0.2, 0.25) is 0 Å². The fourth-order valence-corrected chi connectivity index (χ4v) is 3.48. The Hall–Kier alpha value is -3.12. The van der Waals surface area contributed by atoms with Crippen LogP contribution in [-0.2, 0) is 0 Å². The Balaban J connectivity index is 1.97. The zero-order valence-electron chi connectivity index (χ0n) is 15.0. The maximum Gasteiger partial charge on any atom is 0.167 e. The fraction of sp³-hybridized carbons (Fsp3) is 0.143. The van der Waals surface area contributed by atoms with Crippen LogP contribution in [-0.4, -0.2) is 24.7 Å². The number of carbonyl (C=O) groups excluding carboxylic acids is 1. The highest BCUT2D eigenvalue weighted by molar-refractivity contribution is 7.14. The first-order valence-corrected chi connectivity index (χ1v) is 9.21.